The van der Waals surface area contributed by atoms with Crippen LogP contribution in [0, 0.1) is 5.92 Å². The molecule has 4 nitrogen and oxygen atoms in total. The van der Waals surface area contributed by atoms with Crippen molar-refractivity contribution >= 4 is 12.4 Å². The highest BCUT2D eigenvalue weighted by Crippen LogP contribution is 2.15. The molecule has 2 saturated heterocycles. The predicted molar refractivity (Wildman–Crippen MR) is 88.8 cm³/mol. The molecule has 0 atom stereocenters. The molecule has 3 heterocycles. The fourth-order valence-corrected chi connectivity index (χ4v) is 3.28. The van der Waals surface area contributed by atoms with Crippen molar-refractivity contribution in [2.75, 3.05) is 45.8 Å². The molecule has 0 aliphatic carbocycles. The van der Waals surface area contributed by atoms with Crippen LogP contribution < -0.4 is 5.32 Å². The number of pyridine rings is 1. The number of nitrogens with one attached hydrogen (secondary N) is 1. The molecule has 0 spiro atoms. The number of rotatable bonds is 4. The maximum atomic E-state index is 4.42. The van der Waals surface area contributed by atoms with Crippen LogP contribution in [0.2, 0.25) is 0 Å². The van der Waals surface area contributed by atoms with Crippen LogP contribution in [-0.2, 0) is 6.54 Å². The van der Waals surface area contributed by atoms with Gasteiger partial charge in [-0.05, 0) is 44.0 Å². The van der Waals surface area contributed by atoms with Crippen molar-refractivity contribution in [3.05, 3.63) is 30.1 Å². The van der Waals surface area contributed by atoms with E-state index in [0.29, 0.717) is 0 Å². The lowest BCUT2D eigenvalue weighted by Gasteiger charge is -2.37. The van der Waals surface area contributed by atoms with E-state index in [9.17, 15) is 0 Å². The first-order valence-corrected chi connectivity index (χ1v) is 7.95. The van der Waals surface area contributed by atoms with Crippen molar-refractivity contribution < 1.29 is 0 Å². The summed E-state index contributed by atoms with van der Waals surface area (Å²) in [6.07, 6.45) is 4.60. The van der Waals surface area contributed by atoms with E-state index in [2.05, 4.69) is 32.2 Å². The Labute approximate surface area is 134 Å². The quantitative estimate of drug-likeness (QED) is 0.916. The normalized spacial score (nSPS) is 21.9. The Morgan fingerprint density at radius 3 is 2.43 bits per heavy atom. The maximum absolute atomic E-state index is 4.42. The lowest BCUT2D eigenvalue weighted by molar-refractivity contribution is 0.106. The van der Waals surface area contributed by atoms with E-state index in [1.165, 1.54) is 64.3 Å². The number of piperazine rings is 1. The van der Waals surface area contributed by atoms with E-state index in [4.69, 9.17) is 0 Å². The third-order valence-electron chi connectivity index (χ3n) is 4.55. The molecule has 2 fully saturated rings. The van der Waals surface area contributed by atoms with Crippen LogP contribution >= 0.6 is 12.4 Å². The van der Waals surface area contributed by atoms with Crippen LogP contribution in [0.25, 0.3) is 0 Å². The van der Waals surface area contributed by atoms with Crippen molar-refractivity contribution in [1.29, 1.82) is 0 Å². The number of aromatic nitrogens is 1. The summed E-state index contributed by atoms with van der Waals surface area (Å²) in [5.41, 5.74) is 1.19. The number of hydrogen-bond donors (Lipinski definition) is 1. The lowest BCUT2D eigenvalue weighted by atomic mass is 9.97. The molecular formula is C16H27ClN4. The SMILES string of the molecule is Cl.c1ccc(CN2CCN(CC3CCNCC3)CC2)nc1. The largest absolute Gasteiger partial charge is 0.317 e. The van der Waals surface area contributed by atoms with E-state index in [0.717, 1.165) is 12.5 Å². The summed E-state index contributed by atoms with van der Waals surface area (Å²) in [5, 5.41) is 3.45. The van der Waals surface area contributed by atoms with Crippen LogP contribution in [0.4, 0.5) is 0 Å². The number of nitrogens with zero attached hydrogens (tertiary/aromatic N) is 3. The maximum Gasteiger partial charge on any atom is 0.0543 e. The molecule has 118 valence electrons. The van der Waals surface area contributed by atoms with Crippen molar-refractivity contribution in [3.8, 4) is 0 Å². The monoisotopic (exact) mass is 310 g/mol. The molecule has 5 heteroatoms. The topological polar surface area (TPSA) is 31.4 Å². The molecule has 2 aliphatic heterocycles. The first-order valence-electron chi connectivity index (χ1n) is 7.95. The summed E-state index contributed by atoms with van der Waals surface area (Å²) in [6.45, 7) is 9.53. The molecule has 0 bridgehead atoms. The van der Waals surface area contributed by atoms with E-state index in [1.807, 2.05) is 12.3 Å². The van der Waals surface area contributed by atoms with Gasteiger partial charge in [-0.15, -0.1) is 12.4 Å². The predicted octanol–water partition coefficient (Wildman–Crippen LogP) is 1.62. The first kappa shape index (κ1) is 16.7. The highest BCUT2D eigenvalue weighted by molar-refractivity contribution is 5.85. The van der Waals surface area contributed by atoms with Gasteiger partial charge in [-0.1, -0.05) is 6.07 Å². The second kappa shape index (κ2) is 8.69. The summed E-state index contributed by atoms with van der Waals surface area (Å²) in [4.78, 5) is 9.61. The Hall–Kier alpha value is -0.680. The Kier molecular flexibility index (Phi) is 6.90. The standard InChI is InChI=1S/C16H26N4.ClH/c1-2-6-18-16(3-1)14-20-11-9-19(10-12-20)13-15-4-7-17-8-5-15;/h1-3,6,15,17H,4-5,7-14H2;1H. The van der Waals surface area contributed by atoms with Crippen LogP contribution in [0.1, 0.15) is 18.5 Å². The van der Waals surface area contributed by atoms with Gasteiger partial charge in [0.25, 0.3) is 0 Å². The molecule has 2 aliphatic rings. The Bertz CT molecular complexity index is 387. The zero-order valence-electron chi connectivity index (χ0n) is 12.7. The minimum absolute atomic E-state index is 0. The van der Waals surface area contributed by atoms with Gasteiger partial charge in [0.15, 0.2) is 0 Å². The van der Waals surface area contributed by atoms with E-state index in [1.54, 1.807) is 0 Å². The number of hydrogen-bond acceptors (Lipinski definition) is 4. The zero-order valence-corrected chi connectivity index (χ0v) is 13.5. The van der Waals surface area contributed by atoms with Crippen molar-refractivity contribution in [3.63, 3.8) is 0 Å². The Morgan fingerprint density at radius 2 is 1.76 bits per heavy atom. The van der Waals surface area contributed by atoms with Gasteiger partial charge in [0.1, 0.15) is 0 Å². The minimum atomic E-state index is 0. The highest BCUT2D eigenvalue weighted by atomic mass is 35.5. The van der Waals surface area contributed by atoms with Gasteiger partial charge in [0, 0.05) is 45.5 Å². The van der Waals surface area contributed by atoms with Crippen LogP contribution in [0.5, 0.6) is 0 Å². The van der Waals surface area contributed by atoms with Crippen molar-refractivity contribution in [2.24, 2.45) is 5.92 Å². The van der Waals surface area contributed by atoms with E-state index < -0.39 is 0 Å². The van der Waals surface area contributed by atoms with Gasteiger partial charge in [0.05, 0.1) is 5.69 Å². The summed E-state index contributed by atoms with van der Waals surface area (Å²) in [5.74, 6) is 0.915. The van der Waals surface area contributed by atoms with Crippen LogP contribution in [0.15, 0.2) is 24.4 Å². The second-order valence-corrected chi connectivity index (χ2v) is 6.09. The minimum Gasteiger partial charge on any atom is -0.317 e. The molecule has 0 amide bonds. The summed E-state index contributed by atoms with van der Waals surface area (Å²) in [6, 6.07) is 6.19. The summed E-state index contributed by atoms with van der Waals surface area (Å²) in [7, 11) is 0. The molecule has 1 aromatic rings. The van der Waals surface area contributed by atoms with Gasteiger partial charge in [-0.2, -0.15) is 0 Å². The molecule has 3 rings (SSSR count). The van der Waals surface area contributed by atoms with E-state index in [-0.39, 0.29) is 12.4 Å². The van der Waals surface area contributed by atoms with Gasteiger partial charge in [-0.3, -0.25) is 9.88 Å². The molecular weight excluding hydrogens is 284 g/mol. The molecule has 1 N–H and O–H groups in total. The molecule has 0 radical (unpaired) electrons. The van der Waals surface area contributed by atoms with Gasteiger partial charge < -0.3 is 10.2 Å². The molecule has 0 unspecified atom stereocenters. The van der Waals surface area contributed by atoms with Crippen LogP contribution in [-0.4, -0.2) is 60.6 Å². The summed E-state index contributed by atoms with van der Waals surface area (Å²) < 4.78 is 0. The van der Waals surface area contributed by atoms with Gasteiger partial charge in [-0.25, -0.2) is 0 Å². The second-order valence-electron chi connectivity index (χ2n) is 6.09. The zero-order chi connectivity index (χ0) is 13.6. The molecule has 1 aromatic heterocycles. The number of piperidine rings is 1. The first-order chi connectivity index (χ1) is 9.90. The number of halogens is 1. The summed E-state index contributed by atoms with van der Waals surface area (Å²) >= 11 is 0. The Morgan fingerprint density at radius 1 is 1.05 bits per heavy atom. The van der Waals surface area contributed by atoms with Crippen molar-refractivity contribution in [2.45, 2.75) is 19.4 Å². The third-order valence-corrected chi connectivity index (χ3v) is 4.55. The average Bonchev–Trinajstić information content (AvgIpc) is 2.51. The smallest absolute Gasteiger partial charge is 0.0543 e. The van der Waals surface area contributed by atoms with Crippen LogP contribution in [0.3, 0.4) is 0 Å². The molecule has 0 saturated carbocycles. The highest BCUT2D eigenvalue weighted by Gasteiger charge is 2.21. The van der Waals surface area contributed by atoms with Gasteiger partial charge in [0.2, 0.25) is 0 Å². The van der Waals surface area contributed by atoms with E-state index >= 15 is 0 Å². The fourth-order valence-electron chi connectivity index (χ4n) is 3.28. The van der Waals surface area contributed by atoms with Crippen molar-refractivity contribution in [1.82, 2.24) is 20.1 Å². The molecule has 21 heavy (non-hydrogen) atoms. The average molecular weight is 311 g/mol. The Balaban J connectivity index is 0.00000161. The fraction of sp³-hybridized carbons (Fsp3) is 0.688. The van der Waals surface area contributed by atoms with Gasteiger partial charge >= 0.3 is 0 Å². The third kappa shape index (κ3) is 5.22. The lowest BCUT2D eigenvalue weighted by Crippen LogP contribution is -2.48. The molecule has 0 aromatic carbocycles.